The number of hydrogen-bond donors (Lipinski definition) is 2. The SMILES string of the molecule is CC[C@H]1c2cc3[nH]c4c(c3C)C(=O)[C@H](C(=O)OC)c4c3nc(cc4[nH]c(cc(n2)[C@@H]1C)c(C(C)=O)c4C)[C@@H](C)[C@@H]3CCC(=O)OC/C=C(\C)CCC[C@@H](C)CCC[C@@H](C)CCCC(C)C. The number of carbonyl (C=O) groups is 4. The molecule has 2 N–H and O–H groups in total. The third kappa shape index (κ3) is 11.1. The summed E-state index contributed by atoms with van der Waals surface area (Å²) in [6.45, 7) is 23.5. The quantitative estimate of drug-likeness (QED) is 0.0494. The molecule has 0 saturated heterocycles. The number of fused-ring (bicyclic) bond motifs is 8. The van der Waals surface area contributed by atoms with Gasteiger partial charge in [-0.25, -0.2) is 0 Å². The van der Waals surface area contributed by atoms with Crippen LogP contribution < -0.4 is 0 Å². The first kappa shape index (κ1) is 49.6. The van der Waals surface area contributed by atoms with Crippen molar-refractivity contribution in [2.75, 3.05) is 13.7 Å². The van der Waals surface area contributed by atoms with Crippen molar-refractivity contribution in [3.8, 4) is 0 Å². The first-order valence-corrected chi connectivity index (χ1v) is 24.7. The number of aryl methyl sites for hydroxylation is 2. The lowest BCUT2D eigenvalue weighted by Crippen LogP contribution is -2.21. The number of rotatable bonds is 20. The topological polar surface area (TPSA) is 144 Å². The first-order chi connectivity index (χ1) is 30.9. The number of Topliss-reactive ketones (excluding diaryl/α,β-unsaturated/α-hetero) is 2. The number of allylic oxidation sites excluding steroid dienone is 1. The minimum absolute atomic E-state index is 0.0532. The first-order valence-electron chi connectivity index (χ1n) is 24.7. The number of hydrogen-bond acceptors (Lipinski definition) is 8. The van der Waals surface area contributed by atoms with E-state index in [1.807, 2.05) is 38.1 Å². The van der Waals surface area contributed by atoms with Gasteiger partial charge in [0.2, 0.25) is 0 Å². The molecule has 0 aromatic carbocycles. The molecular formula is C55H76N4O6. The zero-order valence-corrected chi connectivity index (χ0v) is 41.5. The van der Waals surface area contributed by atoms with Crippen molar-refractivity contribution >= 4 is 45.6 Å². The van der Waals surface area contributed by atoms with Crippen LogP contribution >= 0.6 is 0 Å². The molecule has 8 bridgehead atoms. The third-order valence-corrected chi connectivity index (χ3v) is 14.9. The number of carbonyl (C=O) groups excluding carboxylic acids is 4. The van der Waals surface area contributed by atoms with Gasteiger partial charge < -0.3 is 19.4 Å². The number of aromatic nitrogens is 4. The van der Waals surface area contributed by atoms with Crippen LogP contribution in [0.2, 0.25) is 0 Å². The molecule has 10 heteroatoms. The molecule has 65 heavy (non-hydrogen) atoms. The molecule has 2 aliphatic heterocycles. The molecule has 7 atom stereocenters. The van der Waals surface area contributed by atoms with Gasteiger partial charge in [-0.05, 0) is 107 Å². The highest BCUT2D eigenvalue weighted by Crippen LogP contribution is 2.48. The summed E-state index contributed by atoms with van der Waals surface area (Å²) in [5.74, 6) is -0.573. The Bertz CT molecular complexity index is 2450. The van der Waals surface area contributed by atoms with Gasteiger partial charge in [0.1, 0.15) is 12.5 Å². The van der Waals surface area contributed by atoms with E-state index in [4.69, 9.17) is 19.4 Å². The third-order valence-electron chi connectivity index (χ3n) is 14.9. The fraction of sp³-hybridized carbons (Fsp3) is 0.600. The van der Waals surface area contributed by atoms with Gasteiger partial charge in [0, 0.05) is 74.9 Å². The fourth-order valence-corrected chi connectivity index (χ4v) is 10.8. The van der Waals surface area contributed by atoms with Gasteiger partial charge in [0.25, 0.3) is 0 Å². The molecule has 0 spiro atoms. The lowest BCUT2D eigenvalue weighted by Gasteiger charge is -2.18. The Morgan fingerprint density at radius 3 is 2.02 bits per heavy atom. The fourth-order valence-electron chi connectivity index (χ4n) is 10.8. The number of methoxy groups -OCH3 is 1. The molecule has 0 fully saturated rings. The summed E-state index contributed by atoms with van der Waals surface area (Å²) in [5.41, 5.74) is 10.1. The van der Waals surface area contributed by atoms with Crippen LogP contribution in [-0.4, -0.2) is 57.2 Å². The van der Waals surface area contributed by atoms with Gasteiger partial charge in [0.05, 0.1) is 23.8 Å². The van der Waals surface area contributed by atoms with Crippen LogP contribution in [0.15, 0.2) is 29.8 Å². The number of ether oxygens (including phenoxy) is 2. The van der Waals surface area contributed by atoms with Crippen LogP contribution in [0.3, 0.4) is 0 Å². The van der Waals surface area contributed by atoms with E-state index in [0.29, 0.717) is 45.8 Å². The van der Waals surface area contributed by atoms with Crippen LogP contribution in [0.5, 0.6) is 0 Å². The summed E-state index contributed by atoms with van der Waals surface area (Å²) in [6, 6.07) is 5.99. The maximum Gasteiger partial charge on any atom is 0.321 e. The molecule has 0 amide bonds. The smallest absolute Gasteiger partial charge is 0.321 e. The molecule has 6 rings (SSSR count). The number of esters is 2. The zero-order chi connectivity index (χ0) is 47.3. The Balaban J connectivity index is 1.25. The zero-order valence-electron chi connectivity index (χ0n) is 41.5. The van der Waals surface area contributed by atoms with Crippen molar-refractivity contribution in [2.45, 2.75) is 183 Å². The molecule has 0 unspecified atom stereocenters. The van der Waals surface area contributed by atoms with Gasteiger partial charge >= 0.3 is 11.9 Å². The monoisotopic (exact) mass is 889 g/mol. The normalized spacial score (nSPS) is 20.4. The standard InChI is InChI=1S/C55H76N4O6/c1-13-39-34(7)41-29-46-48(38(11)60)36(9)43(57-46)27-42-35(8)40(52(58-42)50-51(55(63)64-12)54(62)49-37(10)44(59-53(49)50)28-45(39)56-41)23-24-47(61)65-26-25-33(6)22-16-21-32(5)20-15-19-31(4)18-14-17-30(2)3/h25,27-32,34-35,39-40,51,57,59H,13-24,26H2,1-12H3/b33-25+,41-29?,42-27?,43-27?,44-28?,45-28?,46-29?,52-50?/t31-,32-,34+,35-,39+,40-,51+/m0/s1. The Morgan fingerprint density at radius 2 is 1.37 bits per heavy atom. The second kappa shape index (κ2) is 21.6. The van der Waals surface area contributed by atoms with Gasteiger partial charge in [0.15, 0.2) is 11.6 Å². The van der Waals surface area contributed by atoms with Gasteiger partial charge in [-0.1, -0.05) is 99.0 Å². The van der Waals surface area contributed by atoms with E-state index in [1.54, 1.807) is 6.92 Å². The summed E-state index contributed by atoms with van der Waals surface area (Å²) in [5, 5.41) is 0. The molecule has 10 nitrogen and oxygen atoms in total. The van der Waals surface area contributed by atoms with Crippen molar-refractivity contribution in [3.05, 3.63) is 80.4 Å². The number of nitrogens with one attached hydrogen (secondary N) is 2. The van der Waals surface area contributed by atoms with E-state index in [9.17, 15) is 19.2 Å². The molecule has 3 aromatic heterocycles. The van der Waals surface area contributed by atoms with Crippen molar-refractivity contribution in [1.82, 2.24) is 19.9 Å². The summed E-state index contributed by atoms with van der Waals surface area (Å²) in [7, 11) is 1.30. The molecule has 0 radical (unpaired) electrons. The minimum atomic E-state index is -1.21. The van der Waals surface area contributed by atoms with Gasteiger partial charge in [-0.15, -0.1) is 0 Å². The maximum atomic E-state index is 14.4. The summed E-state index contributed by atoms with van der Waals surface area (Å²) < 4.78 is 11.1. The van der Waals surface area contributed by atoms with Crippen molar-refractivity contribution in [1.29, 1.82) is 0 Å². The average Bonchev–Trinajstić information content (AvgIpc) is 4.00. The lowest BCUT2D eigenvalue weighted by molar-refractivity contribution is -0.143. The Morgan fingerprint density at radius 1 is 0.769 bits per heavy atom. The maximum absolute atomic E-state index is 14.4. The highest BCUT2D eigenvalue weighted by molar-refractivity contribution is 6.23. The lowest BCUT2D eigenvalue weighted by atomic mass is 9.84. The van der Waals surface area contributed by atoms with Gasteiger partial charge in [-0.3, -0.25) is 29.1 Å². The van der Waals surface area contributed by atoms with Crippen molar-refractivity contribution in [3.63, 3.8) is 0 Å². The van der Waals surface area contributed by atoms with E-state index in [0.717, 1.165) is 70.3 Å². The summed E-state index contributed by atoms with van der Waals surface area (Å²) in [4.78, 5) is 72.1. The van der Waals surface area contributed by atoms with E-state index < -0.39 is 11.9 Å². The van der Waals surface area contributed by atoms with Gasteiger partial charge in [-0.2, -0.15) is 0 Å². The summed E-state index contributed by atoms with van der Waals surface area (Å²) >= 11 is 0. The molecule has 1 aliphatic carbocycles. The Hall–Kier alpha value is -4.86. The van der Waals surface area contributed by atoms with Crippen LogP contribution in [0, 0.1) is 31.6 Å². The largest absolute Gasteiger partial charge is 0.468 e. The number of aromatic amines is 2. The molecule has 3 aromatic rings. The van der Waals surface area contributed by atoms with E-state index >= 15 is 0 Å². The predicted octanol–water partition coefficient (Wildman–Crippen LogP) is 13.5. The number of nitrogens with zero attached hydrogens (tertiary/aromatic N) is 2. The molecule has 3 aliphatic rings. The minimum Gasteiger partial charge on any atom is -0.468 e. The number of H-pyrrole nitrogens is 2. The number of ketones is 2. The molecule has 5 heterocycles. The van der Waals surface area contributed by atoms with Crippen LogP contribution in [0.1, 0.15) is 229 Å². The average molecular weight is 889 g/mol. The van der Waals surface area contributed by atoms with Crippen LogP contribution in [-0.2, 0) is 19.1 Å². The van der Waals surface area contributed by atoms with E-state index in [2.05, 4.69) is 65.4 Å². The predicted molar refractivity (Wildman–Crippen MR) is 261 cm³/mol. The van der Waals surface area contributed by atoms with Crippen LogP contribution in [0.4, 0.5) is 0 Å². The van der Waals surface area contributed by atoms with Crippen molar-refractivity contribution in [2.24, 2.45) is 17.8 Å². The second-order valence-corrected chi connectivity index (χ2v) is 20.3. The summed E-state index contributed by atoms with van der Waals surface area (Å²) in [6.07, 6.45) is 14.6. The Kier molecular flexibility index (Phi) is 16.5. The van der Waals surface area contributed by atoms with E-state index in [-0.39, 0.29) is 54.2 Å². The highest BCUT2D eigenvalue weighted by atomic mass is 16.5. The van der Waals surface area contributed by atoms with E-state index in [1.165, 1.54) is 57.6 Å². The Labute approximate surface area is 387 Å². The molecule has 0 saturated carbocycles. The molecular weight excluding hydrogens is 813 g/mol. The molecule has 352 valence electrons. The van der Waals surface area contributed by atoms with Crippen molar-refractivity contribution < 1.29 is 28.7 Å². The van der Waals surface area contributed by atoms with Crippen LogP contribution in [0.25, 0.3) is 22.1 Å². The highest BCUT2D eigenvalue weighted by Gasteiger charge is 2.45. The second-order valence-electron chi connectivity index (χ2n) is 20.3.